The van der Waals surface area contributed by atoms with Gasteiger partial charge in [0.1, 0.15) is 0 Å². The first-order valence-corrected chi connectivity index (χ1v) is 11.9. The number of sulfonamides is 1. The van der Waals surface area contributed by atoms with Crippen molar-refractivity contribution in [3.8, 4) is 0 Å². The van der Waals surface area contributed by atoms with Crippen LogP contribution in [0.25, 0.3) is 0 Å². The quantitative estimate of drug-likeness (QED) is 0.601. The van der Waals surface area contributed by atoms with Crippen LogP contribution in [0.2, 0.25) is 10.0 Å². The summed E-state index contributed by atoms with van der Waals surface area (Å²) in [5, 5.41) is 3.37. The van der Waals surface area contributed by atoms with Crippen LogP contribution in [0.3, 0.4) is 0 Å². The van der Waals surface area contributed by atoms with Crippen molar-refractivity contribution in [1.29, 1.82) is 0 Å². The van der Waals surface area contributed by atoms with Gasteiger partial charge in [0.2, 0.25) is 10.0 Å². The molecule has 0 saturated carbocycles. The average molecular weight is 485 g/mol. The van der Waals surface area contributed by atoms with E-state index in [1.165, 1.54) is 34.6 Å². The van der Waals surface area contributed by atoms with Gasteiger partial charge in [-0.2, -0.15) is 4.31 Å². The minimum absolute atomic E-state index is 0.0909. The number of rotatable bonds is 7. The van der Waals surface area contributed by atoms with Crippen LogP contribution in [-0.2, 0) is 30.8 Å². The fraction of sp³-hybridized carbons (Fsp3) is 0.333. The maximum absolute atomic E-state index is 12.7. The molecule has 3 rings (SSSR count). The average Bonchev–Trinajstić information content (AvgIpc) is 2.75. The van der Waals surface area contributed by atoms with E-state index in [1.807, 2.05) is 0 Å². The number of carbonyl (C=O) groups is 2. The topological polar surface area (TPSA) is 92.8 Å². The number of nitrogens with zero attached hydrogens (tertiary/aromatic N) is 1. The summed E-state index contributed by atoms with van der Waals surface area (Å²) in [6, 6.07) is 10.7. The first kappa shape index (κ1) is 23.5. The highest BCUT2D eigenvalue weighted by Crippen LogP contribution is 2.23. The third-order valence-electron chi connectivity index (χ3n) is 4.81. The summed E-state index contributed by atoms with van der Waals surface area (Å²) in [4.78, 5) is 24.2. The van der Waals surface area contributed by atoms with Crippen molar-refractivity contribution in [3.05, 3.63) is 58.1 Å². The van der Waals surface area contributed by atoms with Gasteiger partial charge in [-0.05, 0) is 54.8 Å². The Morgan fingerprint density at radius 1 is 1.00 bits per heavy atom. The second-order valence-electron chi connectivity index (χ2n) is 7.11. The molecule has 1 fully saturated rings. The number of benzene rings is 2. The zero-order chi connectivity index (χ0) is 22.4. The van der Waals surface area contributed by atoms with Gasteiger partial charge in [0.15, 0.2) is 6.61 Å². The summed E-state index contributed by atoms with van der Waals surface area (Å²) in [5.41, 5.74) is 0.946. The Morgan fingerprint density at radius 2 is 1.68 bits per heavy atom. The summed E-state index contributed by atoms with van der Waals surface area (Å²) < 4.78 is 31.8. The van der Waals surface area contributed by atoms with E-state index in [4.69, 9.17) is 27.9 Å². The fourth-order valence-corrected chi connectivity index (χ4v) is 5.17. The van der Waals surface area contributed by atoms with E-state index in [2.05, 4.69) is 5.32 Å². The number of hydrogen-bond donors (Lipinski definition) is 1. The van der Waals surface area contributed by atoms with Crippen molar-refractivity contribution < 1.29 is 22.7 Å². The van der Waals surface area contributed by atoms with E-state index in [0.29, 0.717) is 34.4 Å². The number of nitrogens with one attached hydrogen (secondary N) is 1. The Balaban J connectivity index is 1.50. The highest BCUT2D eigenvalue weighted by molar-refractivity contribution is 7.89. The van der Waals surface area contributed by atoms with Crippen molar-refractivity contribution in [2.45, 2.75) is 30.6 Å². The molecule has 0 radical (unpaired) electrons. The van der Waals surface area contributed by atoms with Gasteiger partial charge in [-0.15, -0.1) is 0 Å². The molecule has 10 heteroatoms. The number of anilines is 1. The summed E-state index contributed by atoms with van der Waals surface area (Å²) in [7, 11) is -3.53. The van der Waals surface area contributed by atoms with Gasteiger partial charge in [0, 0.05) is 28.8 Å². The van der Waals surface area contributed by atoms with E-state index < -0.39 is 28.5 Å². The second-order valence-corrected chi connectivity index (χ2v) is 9.89. The predicted molar refractivity (Wildman–Crippen MR) is 119 cm³/mol. The molecular weight excluding hydrogens is 463 g/mol. The van der Waals surface area contributed by atoms with Crippen LogP contribution < -0.4 is 5.32 Å². The number of carbonyl (C=O) groups excluding carboxylic acids is 2. The number of amides is 1. The largest absolute Gasteiger partial charge is 0.455 e. The number of piperidine rings is 1. The molecule has 0 aliphatic carbocycles. The number of esters is 1. The summed E-state index contributed by atoms with van der Waals surface area (Å²) in [6.07, 6.45) is 2.66. The predicted octanol–water partition coefficient (Wildman–Crippen LogP) is 3.89. The van der Waals surface area contributed by atoms with E-state index >= 15 is 0 Å². The third-order valence-corrected chi connectivity index (χ3v) is 7.30. The molecule has 1 N–H and O–H groups in total. The minimum atomic E-state index is -3.53. The lowest BCUT2D eigenvalue weighted by Gasteiger charge is -2.25. The van der Waals surface area contributed by atoms with Crippen molar-refractivity contribution in [2.75, 3.05) is 25.0 Å². The molecule has 1 heterocycles. The van der Waals surface area contributed by atoms with Crippen LogP contribution in [0.4, 0.5) is 5.69 Å². The Hall–Kier alpha value is -2.13. The molecule has 31 heavy (non-hydrogen) atoms. The second kappa shape index (κ2) is 10.5. The van der Waals surface area contributed by atoms with E-state index in [9.17, 15) is 18.0 Å². The lowest BCUT2D eigenvalue weighted by Crippen LogP contribution is -2.35. The Morgan fingerprint density at radius 3 is 2.32 bits per heavy atom. The third kappa shape index (κ3) is 6.43. The molecule has 0 atom stereocenters. The first-order chi connectivity index (χ1) is 14.8. The number of halogens is 2. The van der Waals surface area contributed by atoms with Gasteiger partial charge in [0.05, 0.1) is 11.3 Å². The molecule has 2 aromatic rings. The smallest absolute Gasteiger partial charge is 0.310 e. The molecule has 1 aliphatic rings. The monoisotopic (exact) mass is 484 g/mol. The first-order valence-electron chi connectivity index (χ1n) is 9.75. The van der Waals surface area contributed by atoms with Crippen LogP contribution >= 0.6 is 23.2 Å². The lowest BCUT2D eigenvalue weighted by atomic mass is 10.1. The SMILES string of the molecule is O=C(COC(=O)Cc1ccc(Cl)cc1Cl)Nc1ccc(S(=O)(=O)N2CCCCC2)cc1. The van der Waals surface area contributed by atoms with Gasteiger partial charge >= 0.3 is 5.97 Å². The van der Waals surface area contributed by atoms with Gasteiger partial charge in [-0.1, -0.05) is 35.7 Å². The van der Waals surface area contributed by atoms with Crippen LogP contribution in [-0.4, -0.2) is 44.3 Å². The molecule has 2 aromatic carbocycles. The minimum Gasteiger partial charge on any atom is -0.455 e. The van der Waals surface area contributed by atoms with Crippen LogP contribution in [0.5, 0.6) is 0 Å². The maximum Gasteiger partial charge on any atom is 0.310 e. The molecule has 7 nitrogen and oxygen atoms in total. The van der Waals surface area contributed by atoms with Gasteiger partial charge in [-0.3, -0.25) is 9.59 Å². The molecule has 1 aliphatic heterocycles. The van der Waals surface area contributed by atoms with Crippen molar-refractivity contribution in [3.63, 3.8) is 0 Å². The molecule has 166 valence electrons. The fourth-order valence-electron chi connectivity index (χ4n) is 3.18. The lowest BCUT2D eigenvalue weighted by molar-refractivity contribution is -0.146. The standard InChI is InChI=1S/C21H22Cl2N2O5S/c22-16-5-4-15(19(23)13-16)12-21(27)30-14-20(26)24-17-6-8-18(9-7-17)31(28,29)25-10-2-1-3-11-25/h4-9,13H,1-3,10-12,14H2,(H,24,26). The molecule has 0 bridgehead atoms. The Kier molecular flexibility index (Phi) is 7.94. The molecule has 1 saturated heterocycles. The van der Waals surface area contributed by atoms with Gasteiger partial charge in [-0.25, -0.2) is 8.42 Å². The van der Waals surface area contributed by atoms with Gasteiger partial charge in [0.25, 0.3) is 5.91 Å². The van der Waals surface area contributed by atoms with E-state index in [1.54, 1.807) is 12.1 Å². The maximum atomic E-state index is 12.7. The van der Waals surface area contributed by atoms with E-state index in [-0.39, 0.29) is 11.3 Å². The molecule has 1 amide bonds. The van der Waals surface area contributed by atoms with Crippen LogP contribution in [0.1, 0.15) is 24.8 Å². The van der Waals surface area contributed by atoms with Crippen LogP contribution in [0, 0.1) is 0 Å². The Labute approximate surface area is 191 Å². The zero-order valence-electron chi connectivity index (χ0n) is 16.6. The molecular formula is C21H22Cl2N2O5S. The highest BCUT2D eigenvalue weighted by Gasteiger charge is 2.25. The van der Waals surface area contributed by atoms with Crippen molar-refractivity contribution >= 4 is 50.8 Å². The van der Waals surface area contributed by atoms with Crippen molar-refractivity contribution in [2.24, 2.45) is 0 Å². The zero-order valence-corrected chi connectivity index (χ0v) is 19.0. The summed E-state index contributed by atoms with van der Waals surface area (Å²) in [5.74, 6) is -1.15. The molecule has 0 aromatic heterocycles. The number of ether oxygens (including phenoxy) is 1. The van der Waals surface area contributed by atoms with Crippen molar-refractivity contribution in [1.82, 2.24) is 4.31 Å². The number of hydrogen-bond acceptors (Lipinski definition) is 5. The Bertz CT molecular complexity index is 1050. The summed E-state index contributed by atoms with van der Waals surface area (Å²) in [6.45, 7) is 0.568. The normalized spacial score (nSPS) is 14.8. The van der Waals surface area contributed by atoms with E-state index in [0.717, 1.165) is 19.3 Å². The van der Waals surface area contributed by atoms with Gasteiger partial charge < -0.3 is 10.1 Å². The molecule has 0 spiro atoms. The molecule has 0 unspecified atom stereocenters. The van der Waals surface area contributed by atoms with Crippen LogP contribution in [0.15, 0.2) is 47.4 Å². The highest BCUT2D eigenvalue weighted by atomic mass is 35.5. The summed E-state index contributed by atoms with van der Waals surface area (Å²) >= 11 is 11.8.